The molecular formula is C23H18F3N3O. The zero-order valence-electron chi connectivity index (χ0n) is 15.9. The molecule has 0 saturated heterocycles. The van der Waals surface area contributed by atoms with E-state index in [9.17, 15) is 13.2 Å². The number of halogens is 3. The van der Waals surface area contributed by atoms with Gasteiger partial charge in [0.05, 0.1) is 5.69 Å². The Morgan fingerprint density at radius 3 is 2.30 bits per heavy atom. The molecule has 7 heteroatoms. The van der Waals surface area contributed by atoms with Gasteiger partial charge in [0, 0.05) is 17.5 Å². The van der Waals surface area contributed by atoms with Gasteiger partial charge in [0.2, 0.25) is 0 Å². The number of rotatable bonds is 6. The molecule has 0 bridgehead atoms. The number of para-hydroxylation sites is 1. The predicted octanol–water partition coefficient (Wildman–Crippen LogP) is 6.07. The summed E-state index contributed by atoms with van der Waals surface area (Å²) in [5.74, 6) is 1.48. The minimum Gasteiger partial charge on any atom is -0.457 e. The van der Waals surface area contributed by atoms with Gasteiger partial charge in [-0.3, -0.25) is 10.1 Å². The Hall–Kier alpha value is -3.61. The van der Waals surface area contributed by atoms with Crippen LogP contribution in [0, 0.1) is 0 Å². The number of hydrogen-bond acceptors (Lipinski definition) is 3. The maximum atomic E-state index is 12.8. The average molecular weight is 409 g/mol. The summed E-state index contributed by atoms with van der Waals surface area (Å²) in [5, 5.41) is 7.27. The van der Waals surface area contributed by atoms with Crippen LogP contribution in [0.15, 0.2) is 79.0 Å². The van der Waals surface area contributed by atoms with Crippen LogP contribution in [0.1, 0.15) is 17.0 Å². The molecular weight excluding hydrogens is 391 g/mol. The lowest BCUT2D eigenvalue weighted by molar-refractivity contribution is -0.141. The minimum absolute atomic E-state index is 0.455. The van der Waals surface area contributed by atoms with E-state index < -0.39 is 11.9 Å². The summed E-state index contributed by atoms with van der Waals surface area (Å²) in [7, 11) is 0. The van der Waals surface area contributed by atoms with Gasteiger partial charge in [-0.15, -0.1) is 0 Å². The van der Waals surface area contributed by atoms with E-state index in [1.807, 2.05) is 60.7 Å². The SMILES string of the molecule is FC(F)(F)c1cc(CCc2cc(-c3ccc(Oc4ccccc4)cc3)n[nH]2)ccn1. The van der Waals surface area contributed by atoms with Crippen molar-refractivity contribution in [1.82, 2.24) is 15.2 Å². The van der Waals surface area contributed by atoms with Crippen LogP contribution in [-0.2, 0) is 19.0 Å². The summed E-state index contributed by atoms with van der Waals surface area (Å²) in [6.45, 7) is 0. The first-order valence-corrected chi connectivity index (χ1v) is 9.37. The van der Waals surface area contributed by atoms with Crippen molar-refractivity contribution in [2.24, 2.45) is 0 Å². The zero-order valence-corrected chi connectivity index (χ0v) is 15.9. The molecule has 0 saturated carbocycles. The largest absolute Gasteiger partial charge is 0.457 e. The lowest BCUT2D eigenvalue weighted by Crippen LogP contribution is -2.08. The molecule has 2 aromatic heterocycles. The maximum Gasteiger partial charge on any atom is 0.433 e. The van der Waals surface area contributed by atoms with E-state index in [-0.39, 0.29) is 0 Å². The van der Waals surface area contributed by atoms with E-state index in [2.05, 4.69) is 15.2 Å². The molecule has 4 rings (SSSR count). The molecule has 0 unspecified atom stereocenters. The van der Waals surface area contributed by atoms with E-state index in [0.717, 1.165) is 34.5 Å². The van der Waals surface area contributed by atoms with E-state index in [0.29, 0.717) is 18.4 Å². The molecule has 152 valence electrons. The highest BCUT2D eigenvalue weighted by atomic mass is 19.4. The molecule has 4 aromatic rings. The summed E-state index contributed by atoms with van der Waals surface area (Å²) < 4.78 is 44.1. The van der Waals surface area contributed by atoms with Crippen LogP contribution in [0.25, 0.3) is 11.3 Å². The van der Waals surface area contributed by atoms with Crippen LogP contribution in [0.3, 0.4) is 0 Å². The van der Waals surface area contributed by atoms with Gasteiger partial charge in [0.1, 0.15) is 17.2 Å². The summed E-state index contributed by atoms with van der Waals surface area (Å²) in [5.41, 5.74) is 2.24. The summed E-state index contributed by atoms with van der Waals surface area (Å²) >= 11 is 0. The van der Waals surface area contributed by atoms with Gasteiger partial charge in [-0.05, 0) is 73.0 Å². The second-order valence-electron chi connectivity index (χ2n) is 6.77. The second-order valence-corrected chi connectivity index (χ2v) is 6.77. The van der Waals surface area contributed by atoms with Crippen molar-refractivity contribution in [2.75, 3.05) is 0 Å². The van der Waals surface area contributed by atoms with Crippen molar-refractivity contribution in [3.63, 3.8) is 0 Å². The molecule has 0 aliphatic heterocycles. The third kappa shape index (κ3) is 4.86. The topological polar surface area (TPSA) is 50.8 Å². The first-order chi connectivity index (χ1) is 14.5. The zero-order chi connectivity index (χ0) is 21.0. The van der Waals surface area contributed by atoms with Crippen LogP contribution >= 0.6 is 0 Å². The molecule has 0 radical (unpaired) electrons. The van der Waals surface area contributed by atoms with Gasteiger partial charge in [0.15, 0.2) is 0 Å². The Kier molecular flexibility index (Phi) is 5.52. The first-order valence-electron chi connectivity index (χ1n) is 9.37. The van der Waals surface area contributed by atoms with Crippen LogP contribution in [-0.4, -0.2) is 15.2 Å². The fourth-order valence-electron chi connectivity index (χ4n) is 3.02. The number of aromatic nitrogens is 3. The number of H-pyrrole nitrogens is 1. The number of benzene rings is 2. The summed E-state index contributed by atoms with van der Waals surface area (Å²) in [4.78, 5) is 3.39. The van der Waals surface area contributed by atoms with Crippen LogP contribution in [0.2, 0.25) is 0 Å². The van der Waals surface area contributed by atoms with E-state index in [1.165, 1.54) is 6.20 Å². The predicted molar refractivity (Wildman–Crippen MR) is 107 cm³/mol. The first kappa shape index (κ1) is 19.7. The highest BCUT2D eigenvalue weighted by Gasteiger charge is 2.32. The fourth-order valence-corrected chi connectivity index (χ4v) is 3.02. The third-order valence-corrected chi connectivity index (χ3v) is 4.56. The van der Waals surface area contributed by atoms with Crippen LogP contribution in [0.5, 0.6) is 11.5 Å². The molecule has 0 atom stereocenters. The van der Waals surface area contributed by atoms with Crippen LogP contribution in [0.4, 0.5) is 13.2 Å². The fraction of sp³-hybridized carbons (Fsp3) is 0.130. The quantitative estimate of drug-likeness (QED) is 0.421. The number of nitrogens with one attached hydrogen (secondary N) is 1. The number of aromatic amines is 1. The number of ether oxygens (including phenoxy) is 1. The second kappa shape index (κ2) is 8.41. The number of hydrogen-bond donors (Lipinski definition) is 1. The van der Waals surface area contributed by atoms with E-state index >= 15 is 0 Å². The number of nitrogens with zero attached hydrogens (tertiary/aromatic N) is 2. The molecule has 0 aliphatic rings. The van der Waals surface area contributed by atoms with Crippen molar-refractivity contribution in [3.05, 3.63) is 95.9 Å². The van der Waals surface area contributed by atoms with Gasteiger partial charge >= 0.3 is 6.18 Å². The number of alkyl halides is 3. The molecule has 0 spiro atoms. The Morgan fingerprint density at radius 2 is 1.57 bits per heavy atom. The third-order valence-electron chi connectivity index (χ3n) is 4.56. The smallest absolute Gasteiger partial charge is 0.433 e. The van der Waals surface area contributed by atoms with Gasteiger partial charge in [0.25, 0.3) is 0 Å². The summed E-state index contributed by atoms with van der Waals surface area (Å²) in [6, 6.07) is 21.7. The molecule has 30 heavy (non-hydrogen) atoms. The number of pyridine rings is 1. The molecule has 2 heterocycles. The molecule has 2 aromatic carbocycles. The van der Waals surface area contributed by atoms with E-state index in [1.54, 1.807) is 6.07 Å². The normalized spacial score (nSPS) is 11.4. The monoisotopic (exact) mass is 409 g/mol. The van der Waals surface area contributed by atoms with E-state index in [4.69, 9.17) is 4.74 Å². The lowest BCUT2D eigenvalue weighted by Gasteiger charge is -2.07. The van der Waals surface area contributed by atoms with Gasteiger partial charge in [-0.2, -0.15) is 18.3 Å². The van der Waals surface area contributed by atoms with Gasteiger partial charge in [-0.1, -0.05) is 18.2 Å². The summed E-state index contributed by atoms with van der Waals surface area (Å²) in [6.07, 6.45) is -2.25. The minimum atomic E-state index is -4.44. The molecule has 0 aliphatic carbocycles. The Bertz CT molecular complexity index is 1110. The molecule has 0 fully saturated rings. The van der Waals surface area contributed by atoms with Crippen molar-refractivity contribution >= 4 is 0 Å². The number of aryl methyl sites for hydroxylation is 2. The average Bonchev–Trinajstić information content (AvgIpc) is 3.22. The van der Waals surface area contributed by atoms with Crippen molar-refractivity contribution in [2.45, 2.75) is 19.0 Å². The highest BCUT2D eigenvalue weighted by molar-refractivity contribution is 5.60. The van der Waals surface area contributed by atoms with Crippen molar-refractivity contribution in [3.8, 4) is 22.8 Å². The lowest BCUT2D eigenvalue weighted by atomic mass is 10.1. The van der Waals surface area contributed by atoms with Gasteiger partial charge < -0.3 is 4.74 Å². The standard InChI is InChI=1S/C23H18F3N3O/c24-23(25,26)22-14-16(12-13-27-22)6-9-18-15-21(29-28-18)17-7-10-20(11-8-17)30-19-4-2-1-3-5-19/h1-5,7-8,10-15H,6,9H2,(H,28,29). The molecule has 0 amide bonds. The maximum absolute atomic E-state index is 12.8. The molecule has 1 N–H and O–H groups in total. The van der Waals surface area contributed by atoms with Crippen LogP contribution < -0.4 is 4.74 Å². The highest BCUT2D eigenvalue weighted by Crippen LogP contribution is 2.28. The van der Waals surface area contributed by atoms with Crippen molar-refractivity contribution in [1.29, 1.82) is 0 Å². The Morgan fingerprint density at radius 1 is 0.833 bits per heavy atom. The van der Waals surface area contributed by atoms with Crippen molar-refractivity contribution < 1.29 is 17.9 Å². The van der Waals surface area contributed by atoms with Gasteiger partial charge in [-0.25, -0.2) is 0 Å². The Labute approximate surface area is 171 Å². The Balaban J connectivity index is 1.39. The molecule has 4 nitrogen and oxygen atoms in total.